The maximum atomic E-state index is 13.2. The normalized spacial score (nSPS) is 17.0. The van der Waals surface area contributed by atoms with E-state index in [2.05, 4.69) is 16.3 Å². The maximum Gasteiger partial charge on any atom is 0.254 e. The van der Waals surface area contributed by atoms with Gasteiger partial charge in [-0.15, -0.1) is 0 Å². The van der Waals surface area contributed by atoms with E-state index < -0.39 is 0 Å². The lowest BCUT2D eigenvalue weighted by Crippen LogP contribution is -2.41. The molecule has 0 saturated carbocycles. The zero-order valence-electron chi connectivity index (χ0n) is 18.3. The van der Waals surface area contributed by atoms with Gasteiger partial charge in [-0.25, -0.2) is 0 Å². The standard InChI is InChI=1S/C27H29N3O2/c31-26(28-24-12-3-4-13-25(24)29-16-5-6-17-29)21-14-18-30(19-15-21)27(32)23-11-7-9-20-8-1-2-10-22(20)23/h1-4,7-13,21H,5-6,14-19H2,(H,28,31). The lowest BCUT2D eigenvalue weighted by molar-refractivity contribution is -0.121. The average molecular weight is 428 g/mol. The molecule has 2 amide bonds. The second-order valence-corrected chi connectivity index (χ2v) is 8.79. The summed E-state index contributed by atoms with van der Waals surface area (Å²) in [4.78, 5) is 30.5. The summed E-state index contributed by atoms with van der Waals surface area (Å²) in [6.07, 6.45) is 3.78. The molecule has 2 heterocycles. The van der Waals surface area contributed by atoms with Crippen molar-refractivity contribution in [2.45, 2.75) is 25.7 Å². The van der Waals surface area contributed by atoms with Gasteiger partial charge in [-0.3, -0.25) is 9.59 Å². The van der Waals surface area contributed by atoms with Crippen LogP contribution in [0.25, 0.3) is 10.8 Å². The summed E-state index contributed by atoms with van der Waals surface area (Å²) in [7, 11) is 0. The van der Waals surface area contributed by atoms with Crippen LogP contribution in [0.15, 0.2) is 66.7 Å². The van der Waals surface area contributed by atoms with Gasteiger partial charge in [0, 0.05) is 37.7 Å². The van der Waals surface area contributed by atoms with Crippen LogP contribution >= 0.6 is 0 Å². The van der Waals surface area contributed by atoms with E-state index in [0.717, 1.165) is 40.8 Å². The average Bonchev–Trinajstić information content (AvgIpc) is 3.38. The third-order valence-corrected chi connectivity index (χ3v) is 6.78. The van der Waals surface area contributed by atoms with Crippen LogP contribution in [0.1, 0.15) is 36.0 Å². The number of para-hydroxylation sites is 2. The molecule has 0 bridgehead atoms. The first-order valence-electron chi connectivity index (χ1n) is 11.6. The quantitative estimate of drug-likeness (QED) is 0.642. The van der Waals surface area contributed by atoms with Crippen LogP contribution in [0.5, 0.6) is 0 Å². The molecule has 0 spiro atoms. The van der Waals surface area contributed by atoms with Crippen LogP contribution in [0.4, 0.5) is 11.4 Å². The van der Waals surface area contributed by atoms with Crippen molar-refractivity contribution in [3.8, 4) is 0 Å². The van der Waals surface area contributed by atoms with Gasteiger partial charge in [0.15, 0.2) is 0 Å². The molecule has 0 aliphatic carbocycles. The molecule has 2 aliphatic heterocycles. The van der Waals surface area contributed by atoms with E-state index in [1.54, 1.807) is 0 Å². The molecule has 2 aliphatic rings. The fraction of sp³-hybridized carbons (Fsp3) is 0.333. The van der Waals surface area contributed by atoms with Crippen LogP contribution in [0, 0.1) is 5.92 Å². The van der Waals surface area contributed by atoms with Gasteiger partial charge in [-0.05, 0) is 54.7 Å². The van der Waals surface area contributed by atoms with Crippen LogP contribution in [-0.4, -0.2) is 42.9 Å². The molecule has 0 unspecified atom stereocenters. The van der Waals surface area contributed by atoms with Crippen LogP contribution in [0.3, 0.4) is 0 Å². The van der Waals surface area contributed by atoms with E-state index in [-0.39, 0.29) is 17.7 Å². The second kappa shape index (κ2) is 9.03. The first kappa shape index (κ1) is 20.6. The lowest BCUT2D eigenvalue weighted by Gasteiger charge is -2.32. The van der Waals surface area contributed by atoms with E-state index >= 15 is 0 Å². The van der Waals surface area contributed by atoms with Crippen molar-refractivity contribution in [2.24, 2.45) is 5.92 Å². The van der Waals surface area contributed by atoms with E-state index in [9.17, 15) is 9.59 Å². The van der Waals surface area contributed by atoms with Crippen molar-refractivity contribution in [3.05, 3.63) is 72.3 Å². The highest BCUT2D eigenvalue weighted by atomic mass is 16.2. The van der Waals surface area contributed by atoms with Gasteiger partial charge in [0.1, 0.15) is 0 Å². The molecule has 2 saturated heterocycles. The summed E-state index contributed by atoms with van der Waals surface area (Å²) >= 11 is 0. The Morgan fingerprint density at radius 1 is 0.781 bits per heavy atom. The number of amides is 2. The molecule has 3 aromatic rings. The Kier molecular flexibility index (Phi) is 5.80. The van der Waals surface area contributed by atoms with Gasteiger partial charge < -0.3 is 15.1 Å². The van der Waals surface area contributed by atoms with Crippen molar-refractivity contribution >= 4 is 34.0 Å². The SMILES string of the molecule is O=C(Nc1ccccc1N1CCCC1)C1CCN(C(=O)c2cccc3ccccc23)CC1. The van der Waals surface area contributed by atoms with Crippen molar-refractivity contribution in [1.29, 1.82) is 0 Å². The lowest BCUT2D eigenvalue weighted by atomic mass is 9.94. The minimum absolute atomic E-state index is 0.0556. The zero-order chi connectivity index (χ0) is 21.9. The second-order valence-electron chi connectivity index (χ2n) is 8.79. The number of nitrogens with zero attached hydrogens (tertiary/aromatic N) is 2. The van der Waals surface area contributed by atoms with E-state index in [0.29, 0.717) is 25.9 Å². The first-order chi connectivity index (χ1) is 15.7. The molecule has 3 aromatic carbocycles. The molecule has 0 atom stereocenters. The van der Waals surface area contributed by atoms with Crippen LogP contribution in [0.2, 0.25) is 0 Å². The minimum atomic E-state index is -0.0711. The van der Waals surface area contributed by atoms with E-state index in [1.165, 1.54) is 12.8 Å². The van der Waals surface area contributed by atoms with Gasteiger partial charge in [0.2, 0.25) is 5.91 Å². The summed E-state index contributed by atoms with van der Waals surface area (Å²) in [5, 5.41) is 5.23. The van der Waals surface area contributed by atoms with Gasteiger partial charge >= 0.3 is 0 Å². The molecule has 164 valence electrons. The summed E-state index contributed by atoms with van der Waals surface area (Å²) in [6.45, 7) is 3.30. The first-order valence-corrected chi connectivity index (χ1v) is 11.6. The monoisotopic (exact) mass is 427 g/mol. The Hall–Kier alpha value is -3.34. The van der Waals surface area contributed by atoms with Crippen molar-refractivity contribution in [2.75, 3.05) is 36.4 Å². The molecule has 0 radical (unpaired) electrons. The molecule has 5 rings (SSSR count). The summed E-state index contributed by atoms with van der Waals surface area (Å²) in [5.41, 5.74) is 2.75. The van der Waals surface area contributed by atoms with Gasteiger partial charge in [-0.2, -0.15) is 0 Å². The predicted molar refractivity (Wildman–Crippen MR) is 129 cm³/mol. The van der Waals surface area contributed by atoms with Crippen LogP contribution in [-0.2, 0) is 4.79 Å². The maximum absolute atomic E-state index is 13.2. The molecule has 1 N–H and O–H groups in total. The number of fused-ring (bicyclic) bond motifs is 1. The third kappa shape index (κ3) is 4.07. The third-order valence-electron chi connectivity index (χ3n) is 6.78. The van der Waals surface area contributed by atoms with Crippen LogP contribution < -0.4 is 10.2 Å². The molecule has 2 fully saturated rings. The smallest absolute Gasteiger partial charge is 0.254 e. The topological polar surface area (TPSA) is 52.7 Å². The molecular weight excluding hydrogens is 398 g/mol. The van der Waals surface area contributed by atoms with Crippen molar-refractivity contribution < 1.29 is 9.59 Å². The fourth-order valence-electron chi connectivity index (χ4n) is 4.97. The zero-order valence-corrected chi connectivity index (χ0v) is 18.3. The molecule has 5 nitrogen and oxygen atoms in total. The predicted octanol–water partition coefficient (Wildman–Crippen LogP) is 4.93. The van der Waals surface area contributed by atoms with E-state index in [4.69, 9.17) is 0 Å². The molecule has 32 heavy (non-hydrogen) atoms. The number of hydrogen-bond donors (Lipinski definition) is 1. The Morgan fingerprint density at radius 2 is 1.47 bits per heavy atom. The summed E-state index contributed by atoms with van der Waals surface area (Å²) in [6, 6.07) is 21.9. The highest BCUT2D eigenvalue weighted by Crippen LogP contribution is 2.30. The largest absolute Gasteiger partial charge is 0.370 e. The summed E-state index contributed by atoms with van der Waals surface area (Å²) < 4.78 is 0. The Morgan fingerprint density at radius 3 is 2.28 bits per heavy atom. The van der Waals surface area contributed by atoms with Gasteiger partial charge in [-0.1, -0.05) is 48.5 Å². The van der Waals surface area contributed by atoms with Gasteiger partial charge in [0.25, 0.3) is 5.91 Å². The number of piperidine rings is 1. The van der Waals surface area contributed by atoms with E-state index in [1.807, 2.05) is 65.6 Å². The van der Waals surface area contributed by atoms with Crippen molar-refractivity contribution in [1.82, 2.24) is 4.90 Å². The number of rotatable bonds is 4. The molecular formula is C27H29N3O2. The summed E-state index contributed by atoms with van der Waals surface area (Å²) in [5.74, 6) is 0.0483. The minimum Gasteiger partial charge on any atom is -0.370 e. The number of benzene rings is 3. The number of hydrogen-bond acceptors (Lipinski definition) is 3. The number of likely N-dealkylation sites (tertiary alicyclic amines) is 1. The molecule has 5 heteroatoms. The Balaban J connectivity index is 1.23. The number of nitrogens with one attached hydrogen (secondary N) is 1. The fourth-order valence-corrected chi connectivity index (χ4v) is 4.97. The number of carbonyl (C=O) groups is 2. The van der Waals surface area contributed by atoms with Gasteiger partial charge in [0.05, 0.1) is 11.4 Å². The Labute approximate surface area is 189 Å². The number of carbonyl (C=O) groups excluding carboxylic acids is 2. The van der Waals surface area contributed by atoms with Crippen molar-refractivity contribution in [3.63, 3.8) is 0 Å². The highest BCUT2D eigenvalue weighted by molar-refractivity contribution is 6.07. The highest BCUT2D eigenvalue weighted by Gasteiger charge is 2.29. The number of anilines is 2. The molecule has 0 aromatic heterocycles. The Bertz CT molecular complexity index is 1120.